The lowest BCUT2D eigenvalue weighted by molar-refractivity contribution is -0.136. The van der Waals surface area contributed by atoms with Crippen molar-refractivity contribution in [3.63, 3.8) is 0 Å². The number of nitrogens with zero attached hydrogens (tertiary/aromatic N) is 2. The van der Waals surface area contributed by atoms with Crippen LogP contribution in [0.5, 0.6) is 0 Å². The third-order valence-electron chi connectivity index (χ3n) is 4.00. The molecule has 5 nitrogen and oxygen atoms in total. The second kappa shape index (κ2) is 6.11. The predicted octanol–water partition coefficient (Wildman–Crippen LogP) is 1.92. The van der Waals surface area contributed by atoms with Crippen LogP contribution in [0.1, 0.15) is 36.4 Å². The summed E-state index contributed by atoms with van der Waals surface area (Å²) in [6.45, 7) is 8.17. The number of furan rings is 1. The van der Waals surface area contributed by atoms with Crippen LogP contribution in [0.25, 0.3) is 0 Å². The van der Waals surface area contributed by atoms with Crippen LogP contribution in [0.2, 0.25) is 0 Å². The molecule has 2 heterocycles. The van der Waals surface area contributed by atoms with Crippen molar-refractivity contribution in [2.45, 2.75) is 27.2 Å². The van der Waals surface area contributed by atoms with E-state index in [-0.39, 0.29) is 17.7 Å². The molecule has 20 heavy (non-hydrogen) atoms. The number of amides is 2. The summed E-state index contributed by atoms with van der Waals surface area (Å²) >= 11 is 0. The van der Waals surface area contributed by atoms with Gasteiger partial charge in [0.1, 0.15) is 5.76 Å². The molecule has 1 aliphatic rings. The van der Waals surface area contributed by atoms with Gasteiger partial charge in [0.2, 0.25) is 5.91 Å². The van der Waals surface area contributed by atoms with E-state index in [2.05, 4.69) is 0 Å². The molecule has 1 aromatic heterocycles. The van der Waals surface area contributed by atoms with E-state index in [0.29, 0.717) is 37.5 Å². The Balaban J connectivity index is 1.93. The Morgan fingerprint density at radius 3 is 2.35 bits per heavy atom. The number of piperazine rings is 1. The van der Waals surface area contributed by atoms with Gasteiger partial charge in [0, 0.05) is 32.1 Å². The van der Waals surface area contributed by atoms with Crippen molar-refractivity contribution in [2.75, 3.05) is 26.2 Å². The highest BCUT2D eigenvalue weighted by molar-refractivity contribution is 5.95. The zero-order valence-electron chi connectivity index (χ0n) is 12.4. The minimum atomic E-state index is -0.00751. The second-order valence-electron chi connectivity index (χ2n) is 5.32. The molecule has 1 aliphatic heterocycles. The van der Waals surface area contributed by atoms with Crippen LogP contribution in [0.3, 0.4) is 0 Å². The van der Waals surface area contributed by atoms with Gasteiger partial charge in [0.25, 0.3) is 5.91 Å². The van der Waals surface area contributed by atoms with Crippen molar-refractivity contribution in [1.82, 2.24) is 9.80 Å². The minimum Gasteiger partial charge on any atom is -0.469 e. The van der Waals surface area contributed by atoms with E-state index < -0.39 is 0 Å². The monoisotopic (exact) mass is 278 g/mol. The van der Waals surface area contributed by atoms with Crippen LogP contribution < -0.4 is 0 Å². The Bertz CT molecular complexity index is 487. The standard InChI is InChI=1S/C15H22N2O3/c1-4-11(2)14(18)16-6-8-17(9-7-16)15(19)13-5-10-20-12(13)3/h5,10-11H,4,6-9H2,1-3H3. The highest BCUT2D eigenvalue weighted by atomic mass is 16.3. The van der Waals surface area contributed by atoms with Crippen LogP contribution in [-0.4, -0.2) is 47.8 Å². The first-order valence-electron chi connectivity index (χ1n) is 7.16. The molecule has 0 saturated carbocycles. The lowest BCUT2D eigenvalue weighted by Gasteiger charge is -2.35. The van der Waals surface area contributed by atoms with Gasteiger partial charge in [-0.25, -0.2) is 0 Å². The summed E-state index contributed by atoms with van der Waals surface area (Å²) in [5, 5.41) is 0. The summed E-state index contributed by atoms with van der Waals surface area (Å²) in [5.74, 6) is 0.896. The van der Waals surface area contributed by atoms with Crippen LogP contribution in [0, 0.1) is 12.8 Å². The van der Waals surface area contributed by atoms with Gasteiger partial charge in [-0.15, -0.1) is 0 Å². The maximum absolute atomic E-state index is 12.3. The highest BCUT2D eigenvalue weighted by Crippen LogP contribution is 2.15. The lowest BCUT2D eigenvalue weighted by Crippen LogP contribution is -2.51. The molecule has 110 valence electrons. The Hall–Kier alpha value is -1.78. The summed E-state index contributed by atoms with van der Waals surface area (Å²) in [4.78, 5) is 28.1. The van der Waals surface area contributed by atoms with Crippen molar-refractivity contribution in [2.24, 2.45) is 5.92 Å². The number of hydrogen-bond acceptors (Lipinski definition) is 3. The molecule has 1 unspecified atom stereocenters. The van der Waals surface area contributed by atoms with Crippen LogP contribution >= 0.6 is 0 Å². The molecular formula is C15H22N2O3. The van der Waals surface area contributed by atoms with Gasteiger partial charge >= 0.3 is 0 Å². The van der Waals surface area contributed by atoms with Gasteiger partial charge in [0.15, 0.2) is 0 Å². The lowest BCUT2D eigenvalue weighted by atomic mass is 10.1. The number of rotatable bonds is 3. The zero-order valence-corrected chi connectivity index (χ0v) is 12.4. The molecule has 0 radical (unpaired) electrons. The largest absolute Gasteiger partial charge is 0.469 e. The molecular weight excluding hydrogens is 256 g/mol. The van der Waals surface area contributed by atoms with Crippen molar-refractivity contribution < 1.29 is 14.0 Å². The molecule has 0 aliphatic carbocycles. The number of aryl methyl sites for hydroxylation is 1. The molecule has 2 amide bonds. The number of hydrogen-bond donors (Lipinski definition) is 0. The predicted molar refractivity (Wildman–Crippen MR) is 75.4 cm³/mol. The molecule has 1 aromatic rings. The minimum absolute atomic E-state index is 0.00751. The quantitative estimate of drug-likeness (QED) is 0.848. The van der Waals surface area contributed by atoms with Gasteiger partial charge in [-0.2, -0.15) is 0 Å². The zero-order chi connectivity index (χ0) is 14.7. The first-order valence-corrected chi connectivity index (χ1v) is 7.16. The Kier molecular flexibility index (Phi) is 4.47. The fourth-order valence-electron chi connectivity index (χ4n) is 2.39. The van der Waals surface area contributed by atoms with Crippen LogP contribution in [-0.2, 0) is 4.79 Å². The van der Waals surface area contributed by atoms with Crippen molar-refractivity contribution in [3.8, 4) is 0 Å². The smallest absolute Gasteiger partial charge is 0.257 e. The van der Waals surface area contributed by atoms with E-state index in [9.17, 15) is 9.59 Å². The van der Waals surface area contributed by atoms with Gasteiger partial charge < -0.3 is 14.2 Å². The van der Waals surface area contributed by atoms with E-state index in [0.717, 1.165) is 6.42 Å². The number of carbonyl (C=O) groups is 2. The van der Waals surface area contributed by atoms with Gasteiger partial charge in [-0.05, 0) is 19.4 Å². The Morgan fingerprint density at radius 1 is 1.25 bits per heavy atom. The number of carbonyl (C=O) groups excluding carboxylic acids is 2. The summed E-state index contributed by atoms with van der Waals surface area (Å²) in [7, 11) is 0. The van der Waals surface area contributed by atoms with E-state index in [1.165, 1.54) is 6.26 Å². The fourth-order valence-corrected chi connectivity index (χ4v) is 2.39. The molecule has 1 atom stereocenters. The van der Waals surface area contributed by atoms with Crippen LogP contribution in [0.15, 0.2) is 16.7 Å². The average molecular weight is 278 g/mol. The topological polar surface area (TPSA) is 53.8 Å². The van der Waals surface area contributed by atoms with Crippen molar-refractivity contribution in [1.29, 1.82) is 0 Å². The van der Waals surface area contributed by atoms with Crippen LogP contribution in [0.4, 0.5) is 0 Å². The molecule has 5 heteroatoms. The van der Waals surface area contributed by atoms with Crippen molar-refractivity contribution in [3.05, 3.63) is 23.7 Å². The first kappa shape index (κ1) is 14.6. The molecule has 1 saturated heterocycles. The summed E-state index contributed by atoms with van der Waals surface area (Å²) in [6, 6.07) is 1.70. The second-order valence-corrected chi connectivity index (χ2v) is 5.32. The first-order chi connectivity index (χ1) is 9.54. The summed E-state index contributed by atoms with van der Waals surface area (Å²) in [5.41, 5.74) is 0.617. The van der Waals surface area contributed by atoms with E-state index in [1.54, 1.807) is 17.9 Å². The van der Waals surface area contributed by atoms with Gasteiger partial charge in [-0.1, -0.05) is 13.8 Å². The molecule has 0 spiro atoms. The maximum atomic E-state index is 12.3. The normalized spacial score (nSPS) is 17.1. The molecule has 1 fully saturated rings. The maximum Gasteiger partial charge on any atom is 0.257 e. The Morgan fingerprint density at radius 2 is 1.85 bits per heavy atom. The molecule has 2 rings (SSSR count). The van der Waals surface area contributed by atoms with Gasteiger partial charge in [0.05, 0.1) is 11.8 Å². The van der Waals surface area contributed by atoms with E-state index in [4.69, 9.17) is 4.42 Å². The summed E-state index contributed by atoms with van der Waals surface area (Å²) in [6.07, 6.45) is 2.39. The molecule has 0 bridgehead atoms. The fraction of sp³-hybridized carbons (Fsp3) is 0.600. The third-order valence-corrected chi connectivity index (χ3v) is 4.00. The third kappa shape index (κ3) is 2.86. The van der Waals surface area contributed by atoms with Gasteiger partial charge in [-0.3, -0.25) is 9.59 Å². The molecule has 0 N–H and O–H groups in total. The van der Waals surface area contributed by atoms with E-state index in [1.807, 2.05) is 18.7 Å². The molecule has 0 aromatic carbocycles. The SMILES string of the molecule is CCC(C)C(=O)N1CCN(C(=O)c2ccoc2C)CC1. The highest BCUT2D eigenvalue weighted by Gasteiger charge is 2.27. The Labute approximate surface area is 119 Å². The average Bonchev–Trinajstić information content (AvgIpc) is 2.91. The summed E-state index contributed by atoms with van der Waals surface area (Å²) < 4.78 is 5.17. The van der Waals surface area contributed by atoms with E-state index >= 15 is 0 Å². The van der Waals surface area contributed by atoms with Crippen molar-refractivity contribution >= 4 is 11.8 Å².